The minimum absolute atomic E-state index is 0.227. The Bertz CT molecular complexity index is 743. The summed E-state index contributed by atoms with van der Waals surface area (Å²) < 4.78 is 2.90. The molecule has 0 bridgehead atoms. The Balaban J connectivity index is 1.92. The van der Waals surface area contributed by atoms with Crippen LogP contribution < -0.4 is 8.92 Å². The summed E-state index contributed by atoms with van der Waals surface area (Å²) in [6.45, 7) is 6.79. The average molecular weight is 339 g/mol. The van der Waals surface area contributed by atoms with E-state index in [2.05, 4.69) is 87.5 Å². The van der Waals surface area contributed by atoms with Gasteiger partial charge in [0.05, 0.1) is 0 Å². The van der Waals surface area contributed by atoms with Crippen molar-refractivity contribution in [2.75, 3.05) is 0 Å². The van der Waals surface area contributed by atoms with Crippen molar-refractivity contribution in [1.29, 1.82) is 0 Å². The van der Waals surface area contributed by atoms with Gasteiger partial charge in [-0.1, -0.05) is 0 Å². The van der Waals surface area contributed by atoms with Crippen molar-refractivity contribution in [3.05, 3.63) is 72.3 Å². The Morgan fingerprint density at radius 1 is 0.714 bits per heavy atom. The Morgan fingerprint density at radius 2 is 1.38 bits per heavy atom. The van der Waals surface area contributed by atoms with E-state index in [1.165, 1.54) is 25.3 Å². The van der Waals surface area contributed by atoms with E-state index in [1.54, 1.807) is 0 Å². The van der Waals surface area contributed by atoms with Crippen molar-refractivity contribution >= 4 is 34.7 Å². The zero-order valence-electron chi connectivity index (χ0n) is 12.8. The molecule has 3 aromatic rings. The van der Waals surface area contributed by atoms with Crippen LogP contribution in [0.3, 0.4) is 0 Å². The van der Waals surface area contributed by atoms with Crippen molar-refractivity contribution in [2.24, 2.45) is 0 Å². The molecule has 0 saturated carbocycles. The first kappa shape index (κ1) is 14.4. The summed E-state index contributed by atoms with van der Waals surface area (Å²) >= 11 is 0.358. The fourth-order valence-corrected chi connectivity index (χ4v) is 4.47. The molecular formula is C20H20Se. The van der Waals surface area contributed by atoms with Gasteiger partial charge < -0.3 is 0 Å². The molecule has 0 N–H and O–H groups in total. The van der Waals surface area contributed by atoms with E-state index in [1.807, 2.05) is 0 Å². The van der Waals surface area contributed by atoms with Gasteiger partial charge in [-0.25, -0.2) is 0 Å². The SMILES string of the molecule is CC(C)(C)c1ccc([Se]c2cccc3ccccc23)cc1. The van der Waals surface area contributed by atoms with Crippen LogP contribution in [0, 0.1) is 0 Å². The summed E-state index contributed by atoms with van der Waals surface area (Å²) in [6.07, 6.45) is 0. The Hall–Kier alpha value is -1.56. The van der Waals surface area contributed by atoms with Gasteiger partial charge in [0.1, 0.15) is 0 Å². The van der Waals surface area contributed by atoms with Gasteiger partial charge in [0.2, 0.25) is 0 Å². The zero-order valence-corrected chi connectivity index (χ0v) is 14.5. The third-order valence-corrected chi connectivity index (χ3v) is 5.97. The van der Waals surface area contributed by atoms with Crippen LogP contribution in [-0.2, 0) is 5.41 Å². The van der Waals surface area contributed by atoms with Gasteiger partial charge in [0.15, 0.2) is 0 Å². The van der Waals surface area contributed by atoms with E-state index in [4.69, 9.17) is 0 Å². The van der Waals surface area contributed by atoms with Gasteiger partial charge in [0, 0.05) is 0 Å². The molecule has 0 heterocycles. The summed E-state index contributed by atoms with van der Waals surface area (Å²) in [5, 5.41) is 2.73. The number of benzene rings is 3. The van der Waals surface area contributed by atoms with Crippen LogP contribution in [0.4, 0.5) is 0 Å². The van der Waals surface area contributed by atoms with Crippen molar-refractivity contribution in [3.63, 3.8) is 0 Å². The van der Waals surface area contributed by atoms with Crippen molar-refractivity contribution in [1.82, 2.24) is 0 Å². The number of hydrogen-bond donors (Lipinski definition) is 0. The molecule has 106 valence electrons. The van der Waals surface area contributed by atoms with Crippen LogP contribution in [-0.4, -0.2) is 15.0 Å². The van der Waals surface area contributed by atoms with Gasteiger partial charge in [0.25, 0.3) is 0 Å². The molecule has 0 atom stereocenters. The van der Waals surface area contributed by atoms with Crippen LogP contribution in [0.25, 0.3) is 10.8 Å². The second-order valence-electron chi connectivity index (χ2n) is 6.35. The summed E-state index contributed by atoms with van der Waals surface area (Å²) in [5.41, 5.74) is 1.63. The monoisotopic (exact) mass is 340 g/mol. The number of rotatable bonds is 2. The summed E-state index contributed by atoms with van der Waals surface area (Å²) in [6, 6.07) is 24.4. The number of hydrogen-bond acceptors (Lipinski definition) is 0. The molecule has 0 fully saturated rings. The third kappa shape index (κ3) is 3.20. The molecule has 0 spiro atoms. The molecule has 0 radical (unpaired) electrons. The molecular weight excluding hydrogens is 319 g/mol. The summed E-state index contributed by atoms with van der Waals surface area (Å²) in [5.74, 6) is 0. The molecule has 0 amide bonds. The summed E-state index contributed by atoms with van der Waals surface area (Å²) in [7, 11) is 0. The zero-order chi connectivity index (χ0) is 14.9. The predicted molar refractivity (Wildman–Crippen MR) is 94.1 cm³/mol. The van der Waals surface area contributed by atoms with Crippen LogP contribution in [0.1, 0.15) is 26.3 Å². The molecule has 0 saturated heterocycles. The first-order valence-corrected chi connectivity index (χ1v) is 9.01. The molecule has 21 heavy (non-hydrogen) atoms. The van der Waals surface area contributed by atoms with Crippen molar-refractivity contribution < 1.29 is 0 Å². The molecule has 0 aliphatic rings. The van der Waals surface area contributed by atoms with Crippen LogP contribution in [0.15, 0.2) is 66.7 Å². The molecule has 0 aliphatic heterocycles. The van der Waals surface area contributed by atoms with Gasteiger partial charge >= 0.3 is 133 Å². The molecule has 3 rings (SSSR count). The van der Waals surface area contributed by atoms with E-state index < -0.39 is 0 Å². The van der Waals surface area contributed by atoms with Gasteiger partial charge in [-0.3, -0.25) is 0 Å². The Labute approximate surface area is 133 Å². The van der Waals surface area contributed by atoms with E-state index in [0.29, 0.717) is 15.0 Å². The van der Waals surface area contributed by atoms with Crippen LogP contribution in [0.2, 0.25) is 0 Å². The van der Waals surface area contributed by atoms with Gasteiger partial charge in [-0.05, 0) is 0 Å². The normalized spacial score (nSPS) is 11.8. The van der Waals surface area contributed by atoms with Gasteiger partial charge in [-0.15, -0.1) is 0 Å². The number of fused-ring (bicyclic) bond motifs is 1. The van der Waals surface area contributed by atoms with Crippen LogP contribution >= 0.6 is 0 Å². The average Bonchev–Trinajstić information content (AvgIpc) is 2.47. The predicted octanol–water partition coefficient (Wildman–Crippen LogP) is 3.79. The van der Waals surface area contributed by atoms with Gasteiger partial charge in [-0.2, -0.15) is 0 Å². The Kier molecular flexibility index (Phi) is 3.89. The van der Waals surface area contributed by atoms with E-state index in [9.17, 15) is 0 Å². The first-order chi connectivity index (χ1) is 10.0. The second kappa shape index (κ2) is 5.67. The van der Waals surface area contributed by atoms with E-state index >= 15 is 0 Å². The van der Waals surface area contributed by atoms with E-state index in [-0.39, 0.29) is 5.41 Å². The van der Waals surface area contributed by atoms with E-state index in [0.717, 1.165) is 0 Å². The third-order valence-electron chi connectivity index (χ3n) is 3.70. The maximum absolute atomic E-state index is 2.29. The topological polar surface area (TPSA) is 0 Å². The quantitative estimate of drug-likeness (QED) is 0.623. The van der Waals surface area contributed by atoms with Crippen molar-refractivity contribution in [3.8, 4) is 0 Å². The van der Waals surface area contributed by atoms with Crippen molar-refractivity contribution in [2.45, 2.75) is 26.2 Å². The Morgan fingerprint density at radius 3 is 2.10 bits per heavy atom. The maximum atomic E-state index is 2.29. The minimum atomic E-state index is 0.227. The molecule has 0 aliphatic carbocycles. The standard InChI is InChI=1S/C20H20Se/c1-20(2,3)16-11-13-17(14-12-16)21-19-10-6-8-15-7-4-5-9-18(15)19/h4-14H,1-3H3. The molecule has 0 nitrogen and oxygen atoms in total. The summed E-state index contributed by atoms with van der Waals surface area (Å²) in [4.78, 5) is 0. The molecule has 0 aromatic heterocycles. The molecule has 1 heteroatoms. The second-order valence-corrected chi connectivity index (χ2v) is 8.69. The molecule has 3 aromatic carbocycles. The fourth-order valence-electron chi connectivity index (χ4n) is 2.43. The fraction of sp³-hybridized carbons (Fsp3) is 0.200. The first-order valence-electron chi connectivity index (χ1n) is 7.30. The van der Waals surface area contributed by atoms with Crippen LogP contribution in [0.5, 0.6) is 0 Å². The molecule has 0 unspecified atom stereocenters.